The van der Waals surface area contributed by atoms with Gasteiger partial charge in [-0.05, 0) is 12.3 Å². The van der Waals surface area contributed by atoms with Crippen LogP contribution >= 0.6 is 0 Å². The van der Waals surface area contributed by atoms with E-state index < -0.39 is 6.09 Å². The molecule has 1 fully saturated rings. The van der Waals surface area contributed by atoms with Crippen LogP contribution in [0.5, 0.6) is 0 Å². The van der Waals surface area contributed by atoms with Crippen LogP contribution in [0, 0.1) is 5.92 Å². The molecule has 2 atom stereocenters. The number of amides is 1. The van der Waals surface area contributed by atoms with Crippen LogP contribution in [-0.2, 0) is 14.2 Å². The average molecular weight is 189 g/mol. The molecule has 0 bridgehead atoms. The molecule has 1 aliphatic rings. The topological polar surface area (TPSA) is 70.8 Å². The number of hydrogen-bond acceptors (Lipinski definition) is 4. The lowest BCUT2D eigenvalue weighted by atomic mass is 10.0. The minimum absolute atomic E-state index is 0.122. The summed E-state index contributed by atoms with van der Waals surface area (Å²) >= 11 is 0. The first-order valence-corrected chi connectivity index (χ1v) is 4.31. The maximum absolute atomic E-state index is 10.2. The van der Waals surface area contributed by atoms with Crippen molar-refractivity contribution in [1.82, 2.24) is 0 Å². The molecule has 0 aromatic heterocycles. The molecular formula is C8H15NO4. The van der Waals surface area contributed by atoms with Crippen LogP contribution in [-0.4, -0.2) is 32.2 Å². The maximum atomic E-state index is 10.2. The third kappa shape index (κ3) is 3.61. The summed E-state index contributed by atoms with van der Waals surface area (Å²) in [6, 6.07) is 0. The van der Waals surface area contributed by atoms with Crippen LogP contribution < -0.4 is 5.73 Å². The van der Waals surface area contributed by atoms with Crippen molar-refractivity contribution in [3.63, 3.8) is 0 Å². The lowest BCUT2D eigenvalue weighted by Crippen LogP contribution is -2.23. The average Bonchev–Trinajstić information content (AvgIpc) is 2.55. The summed E-state index contributed by atoms with van der Waals surface area (Å²) in [7, 11) is 0. The summed E-state index contributed by atoms with van der Waals surface area (Å²) in [6.45, 7) is 3.36. The van der Waals surface area contributed by atoms with E-state index >= 15 is 0 Å². The molecule has 1 rings (SSSR count). The molecule has 1 saturated heterocycles. The number of carbonyl (C=O) groups excluding carboxylic acids is 1. The Bertz CT molecular complexity index is 168. The van der Waals surface area contributed by atoms with E-state index in [9.17, 15) is 4.79 Å². The van der Waals surface area contributed by atoms with Gasteiger partial charge >= 0.3 is 6.09 Å². The van der Waals surface area contributed by atoms with Gasteiger partial charge in [-0.15, -0.1) is 0 Å². The zero-order valence-electron chi connectivity index (χ0n) is 7.69. The van der Waals surface area contributed by atoms with Gasteiger partial charge in [-0.2, -0.15) is 0 Å². The highest BCUT2D eigenvalue weighted by atomic mass is 16.7. The van der Waals surface area contributed by atoms with Crippen molar-refractivity contribution < 1.29 is 19.0 Å². The molecule has 1 aliphatic heterocycles. The van der Waals surface area contributed by atoms with Gasteiger partial charge in [0.05, 0.1) is 19.3 Å². The fraction of sp³-hybridized carbons (Fsp3) is 0.875. The zero-order chi connectivity index (χ0) is 9.68. The first kappa shape index (κ1) is 10.3. The van der Waals surface area contributed by atoms with Crippen molar-refractivity contribution in [2.24, 2.45) is 11.7 Å². The van der Waals surface area contributed by atoms with Crippen molar-refractivity contribution in [2.45, 2.75) is 19.4 Å². The predicted octanol–water partition coefficient (Wildman–Crippen LogP) is 0.481. The van der Waals surface area contributed by atoms with Gasteiger partial charge in [0.2, 0.25) is 0 Å². The molecule has 0 aromatic carbocycles. The summed E-state index contributed by atoms with van der Waals surface area (Å²) in [4.78, 5) is 10.2. The van der Waals surface area contributed by atoms with E-state index in [1.54, 1.807) is 0 Å². The fourth-order valence-corrected chi connectivity index (χ4v) is 1.21. The Kier molecular flexibility index (Phi) is 3.98. The van der Waals surface area contributed by atoms with E-state index in [2.05, 4.69) is 4.74 Å². The molecule has 2 N–H and O–H groups in total. The molecule has 5 heteroatoms. The Morgan fingerprint density at radius 3 is 3.08 bits per heavy atom. The normalized spacial score (nSPS) is 24.2. The molecule has 0 aliphatic carbocycles. The van der Waals surface area contributed by atoms with Crippen molar-refractivity contribution in [3.8, 4) is 0 Å². The van der Waals surface area contributed by atoms with Gasteiger partial charge in [0.1, 0.15) is 6.79 Å². The summed E-state index contributed by atoms with van der Waals surface area (Å²) in [6.07, 6.45) is 0.143. The van der Waals surface area contributed by atoms with Crippen molar-refractivity contribution in [2.75, 3.05) is 20.0 Å². The SMILES string of the molecule is CC(CCOC(N)=O)C1COCO1. The third-order valence-electron chi connectivity index (χ3n) is 2.10. The molecule has 5 nitrogen and oxygen atoms in total. The number of ether oxygens (including phenoxy) is 3. The van der Waals surface area contributed by atoms with Crippen LogP contribution in [0.25, 0.3) is 0 Å². The predicted molar refractivity (Wildman–Crippen MR) is 45.0 cm³/mol. The van der Waals surface area contributed by atoms with Crippen LogP contribution in [0.4, 0.5) is 4.79 Å². The van der Waals surface area contributed by atoms with Crippen LogP contribution in [0.2, 0.25) is 0 Å². The lowest BCUT2D eigenvalue weighted by Gasteiger charge is -2.15. The number of primary amides is 1. The number of nitrogens with two attached hydrogens (primary N) is 1. The van der Waals surface area contributed by atoms with Crippen LogP contribution in [0.1, 0.15) is 13.3 Å². The standard InChI is InChI=1S/C8H15NO4/c1-6(2-3-12-8(9)10)7-4-11-5-13-7/h6-7H,2-5H2,1H3,(H2,9,10). The lowest BCUT2D eigenvalue weighted by molar-refractivity contribution is 0.0260. The van der Waals surface area contributed by atoms with Gasteiger partial charge in [-0.25, -0.2) is 4.79 Å². The van der Waals surface area contributed by atoms with Gasteiger partial charge in [-0.3, -0.25) is 0 Å². The molecule has 2 unspecified atom stereocenters. The first-order chi connectivity index (χ1) is 6.20. The Morgan fingerprint density at radius 2 is 2.54 bits per heavy atom. The summed E-state index contributed by atoms with van der Waals surface area (Å²) < 4.78 is 14.9. The van der Waals surface area contributed by atoms with Gasteiger partial charge < -0.3 is 19.9 Å². The second-order valence-corrected chi connectivity index (χ2v) is 3.13. The molecule has 0 radical (unpaired) electrons. The van der Waals surface area contributed by atoms with Crippen molar-refractivity contribution in [1.29, 1.82) is 0 Å². The smallest absolute Gasteiger partial charge is 0.404 e. The quantitative estimate of drug-likeness (QED) is 0.698. The molecule has 1 amide bonds. The van der Waals surface area contributed by atoms with Gasteiger partial charge in [-0.1, -0.05) is 6.92 Å². The largest absolute Gasteiger partial charge is 0.450 e. The highest BCUT2D eigenvalue weighted by molar-refractivity contribution is 5.64. The summed E-state index contributed by atoms with van der Waals surface area (Å²) in [5, 5.41) is 0. The van der Waals surface area contributed by atoms with E-state index in [1.807, 2.05) is 6.92 Å². The number of rotatable bonds is 4. The molecule has 0 aromatic rings. The van der Waals surface area contributed by atoms with Crippen molar-refractivity contribution in [3.05, 3.63) is 0 Å². The minimum Gasteiger partial charge on any atom is -0.450 e. The van der Waals surface area contributed by atoms with Gasteiger partial charge in [0.15, 0.2) is 0 Å². The molecular weight excluding hydrogens is 174 g/mol. The van der Waals surface area contributed by atoms with Gasteiger partial charge in [0.25, 0.3) is 0 Å². The molecule has 76 valence electrons. The summed E-state index contributed by atoms with van der Waals surface area (Å²) in [5.41, 5.74) is 4.82. The van der Waals surface area contributed by atoms with E-state index in [0.29, 0.717) is 25.9 Å². The third-order valence-corrected chi connectivity index (χ3v) is 2.10. The maximum Gasteiger partial charge on any atom is 0.404 e. The minimum atomic E-state index is -0.726. The Labute approximate surface area is 77.1 Å². The Balaban J connectivity index is 2.09. The molecule has 0 spiro atoms. The number of carbonyl (C=O) groups is 1. The molecule has 0 saturated carbocycles. The number of hydrogen-bond donors (Lipinski definition) is 1. The summed E-state index contributed by atoms with van der Waals surface area (Å²) in [5.74, 6) is 0.321. The first-order valence-electron chi connectivity index (χ1n) is 4.31. The fourth-order valence-electron chi connectivity index (χ4n) is 1.21. The second kappa shape index (κ2) is 5.04. The Hall–Kier alpha value is -0.810. The molecule has 13 heavy (non-hydrogen) atoms. The highest BCUT2D eigenvalue weighted by Gasteiger charge is 2.22. The Morgan fingerprint density at radius 1 is 1.77 bits per heavy atom. The van der Waals surface area contributed by atoms with E-state index in [0.717, 1.165) is 6.42 Å². The van der Waals surface area contributed by atoms with E-state index in [1.165, 1.54) is 0 Å². The van der Waals surface area contributed by atoms with Crippen LogP contribution in [0.15, 0.2) is 0 Å². The van der Waals surface area contributed by atoms with E-state index in [-0.39, 0.29) is 6.10 Å². The van der Waals surface area contributed by atoms with E-state index in [4.69, 9.17) is 15.2 Å². The van der Waals surface area contributed by atoms with Crippen molar-refractivity contribution >= 4 is 6.09 Å². The monoisotopic (exact) mass is 189 g/mol. The molecule has 1 heterocycles. The van der Waals surface area contributed by atoms with Crippen LogP contribution in [0.3, 0.4) is 0 Å². The second-order valence-electron chi connectivity index (χ2n) is 3.13. The highest BCUT2D eigenvalue weighted by Crippen LogP contribution is 2.16. The zero-order valence-corrected chi connectivity index (χ0v) is 7.69. The van der Waals surface area contributed by atoms with Gasteiger partial charge in [0, 0.05) is 0 Å².